The van der Waals surface area contributed by atoms with Crippen molar-refractivity contribution in [3.8, 4) is 39.1 Å². The Morgan fingerprint density at radius 3 is 1.30 bits per heavy atom. The van der Waals surface area contributed by atoms with Crippen molar-refractivity contribution in [3.05, 3.63) is 194 Å². The number of benzene rings is 7. The molecule has 218 valence electrons. The summed E-state index contributed by atoms with van der Waals surface area (Å²) in [5.74, 6) is 0. The molecular formula is C44H32N2. The Morgan fingerprint density at radius 1 is 0.326 bits per heavy atom. The molecule has 0 amide bonds. The molecule has 1 aromatic heterocycles. The molecule has 2 heteroatoms. The lowest BCUT2D eigenvalue weighted by molar-refractivity contribution is 1.13. The zero-order valence-corrected chi connectivity index (χ0v) is 25.4. The van der Waals surface area contributed by atoms with E-state index in [4.69, 9.17) is 0 Å². The maximum atomic E-state index is 2.33. The molecule has 0 bridgehead atoms. The summed E-state index contributed by atoms with van der Waals surface area (Å²) in [6.45, 7) is 0. The maximum Gasteiger partial charge on any atom is 0.0528 e. The highest BCUT2D eigenvalue weighted by Crippen LogP contribution is 2.38. The van der Waals surface area contributed by atoms with Gasteiger partial charge in [0.05, 0.1) is 5.52 Å². The molecule has 0 fully saturated rings. The van der Waals surface area contributed by atoms with Crippen molar-refractivity contribution in [2.24, 2.45) is 0 Å². The molecule has 1 heterocycles. The van der Waals surface area contributed by atoms with Gasteiger partial charge in [-0.3, -0.25) is 0 Å². The molecule has 0 saturated heterocycles. The van der Waals surface area contributed by atoms with Crippen LogP contribution in [-0.4, -0.2) is 4.57 Å². The van der Waals surface area contributed by atoms with Gasteiger partial charge in [-0.2, -0.15) is 0 Å². The number of nitrogens with zero attached hydrogens (tertiary/aromatic N) is 2. The number of fused-ring (bicyclic) bond motifs is 1. The van der Waals surface area contributed by atoms with Crippen molar-refractivity contribution in [1.82, 2.24) is 4.57 Å². The lowest BCUT2D eigenvalue weighted by atomic mass is 10.0. The monoisotopic (exact) mass is 588 g/mol. The minimum Gasteiger partial charge on any atom is -0.317 e. The van der Waals surface area contributed by atoms with Crippen LogP contribution in [-0.2, 0) is 0 Å². The summed E-state index contributed by atoms with van der Waals surface area (Å²) < 4.78 is 2.26. The van der Waals surface area contributed by atoms with Crippen LogP contribution in [0, 0.1) is 0 Å². The molecule has 2 nitrogen and oxygen atoms in total. The van der Waals surface area contributed by atoms with Crippen molar-refractivity contribution < 1.29 is 0 Å². The molecule has 0 saturated carbocycles. The van der Waals surface area contributed by atoms with E-state index in [1.807, 2.05) is 0 Å². The predicted octanol–water partition coefficient (Wildman–Crippen LogP) is 12.1. The number of hydrogen-bond donors (Lipinski definition) is 0. The molecule has 0 unspecified atom stereocenters. The van der Waals surface area contributed by atoms with Crippen LogP contribution in [0.1, 0.15) is 0 Å². The van der Waals surface area contributed by atoms with Crippen LogP contribution < -0.4 is 4.90 Å². The van der Waals surface area contributed by atoms with Gasteiger partial charge in [0.2, 0.25) is 0 Å². The minimum absolute atomic E-state index is 1.11. The normalized spacial score (nSPS) is 11.0. The van der Waals surface area contributed by atoms with Crippen LogP contribution in [0.5, 0.6) is 0 Å². The zero-order valence-electron chi connectivity index (χ0n) is 25.4. The fourth-order valence-electron chi connectivity index (χ4n) is 6.26. The predicted molar refractivity (Wildman–Crippen MR) is 194 cm³/mol. The van der Waals surface area contributed by atoms with Crippen LogP contribution in [0.2, 0.25) is 0 Å². The van der Waals surface area contributed by atoms with Gasteiger partial charge < -0.3 is 9.47 Å². The first-order valence-electron chi connectivity index (χ1n) is 15.7. The average molecular weight is 589 g/mol. The first-order chi connectivity index (χ1) is 22.8. The largest absolute Gasteiger partial charge is 0.317 e. The summed E-state index contributed by atoms with van der Waals surface area (Å²) >= 11 is 0. The summed E-state index contributed by atoms with van der Waals surface area (Å²) in [5.41, 5.74) is 12.9. The molecule has 0 N–H and O–H groups in total. The molecule has 0 radical (unpaired) electrons. The second kappa shape index (κ2) is 12.1. The first-order valence-corrected chi connectivity index (χ1v) is 15.7. The van der Waals surface area contributed by atoms with Gasteiger partial charge in [-0.15, -0.1) is 0 Å². The molecule has 0 aliphatic carbocycles. The van der Waals surface area contributed by atoms with Gasteiger partial charge in [-0.05, 0) is 99.4 Å². The highest BCUT2D eigenvalue weighted by molar-refractivity contribution is 5.83. The van der Waals surface area contributed by atoms with Crippen LogP contribution in [0.3, 0.4) is 0 Å². The van der Waals surface area contributed by atoms with Crippen LogP contribution >= 0.6 is 0 Å². The summed E-state index contributed by atoms with van der Waals surface area (Å²) in [6, 6.07) is 67.1. The Kier molecular flexibility index (Phi) is 7.22. The summed E-state index contributed by atoms with van der Waals surface area (Å²) in [7, 11) is 0. The van der Waals surface area contributed by atoms with E-state index in [1.54, 1.807) is 0 Å². The van der Waals surface area contributed by atoms with Gasteiger partial charge in [0.1, 0.15) is 0 Å². The standard InChI is InChI=1S/C44H32N2/c1-3-10-33(11-4-1)35-18-24-40(25-19-35)46(41-26-20-36(21-27-41)34-12-5-2-6-13-34)42-28-22-37(23-29-42)39-15-9-16-43(32-39)45-31-30-38-14-7-8-17-44(38)45/h1-32H. The zero-order chi connectivity index (χ0) is 30.7. The van der Waals surface area contributed by atoms with E-state index in [9.17, 15) is 0 Å². The molecule has 0 spiro atoms. The number of aromatic nitrogens is 1. The third-order valence-electron chi connectivity index (χ3n) is 8.65. The molecule has 8 rings (SSSR count). The van der Waals surface area contributed by atoms with Gasteiger partial charge in [0, 0.05) is 28.9 Å². The summed E-state index contributed by atoms with van der Waals surface area (Å²) in [4.78, 5) is 2.33. The average Bonchev–Trinajstić information content (AvgIpc) is 3.58. The van der Waals surface area contributed by atoms with E-state index >= 15 is 0 Å². The Labute approximate surface area is 270 Å². The molecular weight excluding hydrogens is 556 g/mol. The molecule has 8 aromatic rings. The number of rotatable bonds is 7. The van der Waals surface area contributed by atoms with Crippen molar-refractivity contribution in [1.29, 1.82) is 0 Å². The molecule has 0 atom stereocenters. The maximum absolute atomic E-state index is 2.33. The van der Waals surface area contributed by atoms with Crippen molar-refractivity contribution in [2.75, 3.05) is 4.90 Å². The minimum atomic E-state index is 1.11. The number of para-hydroxylation sites is 1. The lowest BCUT2D eigenvalue weighted by Crippen LogP contribution is -2.09. The highest BCUT2D eigenvalue weighted by Gasteiger charge is 2.14. The van der Waals surface area contributed by atoms with Gasteiger partial charge in [-0.1, -0.05) is 127 Å². The van der Waals surface area contributed by atoms with Gasteiger partial charge >= 0.3 is 0 Å². The Morgan fingerprint density at radius 2 is 0.761 bits per heavy atom. The summed E-state index contributed by atoms with van der Waals surface area (Å²) in [5, 5.41) is 1.24. The SMILES string of the molecule is c1ccc(-c2ccc(N(c3ccc(-c4ccccc4)cc3)c3ccc(-c4cccc(-n5ccc6ccccc65)c4)cc3)cc2)cc1. The second-order valence-electron chi connectivity index (χ2n) is 11.5. The van der Waals surface area contributed by atoms with E-state index in [-0.39, 0.29) is 0 Å². The third-order valence-corrected chi connectivity index (χ3v) is 8.65. The smallest absolute Gasteiger partial charge is 0.0528 e. The number of anilines is 3. The molecule has 7 aromatic carbocycles. The Bertz CT molecular complexity index is 2130. The Balaban J connectivity index is 1.15. The quantitative estimate of drug-likeness (QED) is 0.180. The fraction of sp³-hybridized carbons (Fsp3) is 0. The van der Waals surface area contributed by atoms with Gasteiger partial charge in [0.25, 0.3) is 0 Å². The van der Waals surface area contributed by atoms with Crippen molar-refractivity contribution in [3.63, 3.8) is 0 Å². The lowest BCUT2D eigenvalue weighted by Gasteiger charge is -2.26. The second-order valence-corrected chi connectivity index (χ2v) is 11.5. The van der Waals surface area contributed by atoms with Gasteiger partial charge in [-0.25, -0.2) is 0 Å². The van der Waals surface area contributed by atoms with E-state index < -0.39 is 0 Å². The highest BCUT2D eigenvalue weighted by atomic mass is 15.1. The van der Waals surface area contributed by atoms with E-state index in [0.29, 0.717) is 0 Å². The first kappa shape index (κ1) is 27.4. The fourth-order valence-corrected chi connectivity index (χ4v) is 6.26. The van der Waals surface area contributed by atoms with E-state index in [0.717, 1.165) is 22.7 Å². The third kappa shape index (κ3) is 5.38. The van der Waals surface area contributed by atoms with Crippen molar-refractivity contribution in [2.45, 2.75) is 0 Å². The Hall–Kier alpha value is -6.12. The molecule has 0 aliphatic heterocycles. The molecule has 0 aliphatic rings. The van der Waals surface area contributed by atoms with E-state index in [2.05, 4.69) is 204 Å². The van der Waals surface area contributed by atoms with Crippen molar-refractivity contribution >= 4 is 28.0 Å². The van der Waals surface area contributed by atoms with Crippen LogP contribution in [0.15, 0.2) is 194 Å². The van der Waals surface area contributed by atoms with Gasteiger partial charge in [0.15, 0.2) is 0 Å². The summed E-state index contributed by atoms with van der Waals surface area (Å²) in [6.07, 6.45) is 2.15. The van der Waals surface area contributed by atoms with E-state index in [1.165, 1.54) is 44.3 Å². The van der Waals surface area contributed by atoms with Crippen LogP contribution in [0.4, 0.5) is 17.1 Å². The topological polar surface area (TPSA) is 8.17 Å². The van der Waals surface area contributed by atoms with Crippen LogP contribution in [0.25, 0.3) is 50.0 Å². The molecule has 46 heavy (non-hydrogen) atoms. The number of hydrogen-bond acceptors (Lipinski definition) is 1.